The summed E-state index contributed by atoms with van der Waals surface area (Å²) in [6.45, 7) is 0.921. The molecule has 1 heterocycles. The van der Waals surface area contributed by atoms with E-state index in [2.05, 4.69) is 10.3 Å². The van der Waals surface area contributed by atoms with Crippen LogP contribution in [0.3, 0.4) is 0 Å². The van der Waals surface area contributed by atoms with Gasteiger partial charge in [-0.1, -0.05) is 24.3 Å². The van der Waals surface area contributed by atoms with Gasteiger partial charge in [-0.25, -0.2) is 4.39 Å². The minimum absolute atomic E-state index is 0.0526. The molecule has 3 rings (SSSR count). The molecular weight excluding hydrogens is 317 g/mol. The van der Waals surface area contributed by atoms with Gasteiger partial charge in [0.1, 0.15) is 5.82 Å². The summed E-state index contributed by atoms with van der Waals surface area (Å²) < 4.78 is 13.8. The van der Waals surface area contributed by atoms with Gasteiger partial charge in [-0.2, -0.15) is 0 Å². The largest absolute Gasteiger partial charge is 0.361 e. The highest BCUT2D eigenvalue weighted by Gasteiger charge is 2.09. The summed E-state index contributed by atoms with van der Waals surface area (Å²) in [4.78, 5) is 17.3. The molecule has 0 fully saturated rings. The molecule has 3 aromatic rings. The van der Waals surface area contributed by atoms with Crippen LogP contribution in [0.25, 0.3) is 10.9 Å². The molecule has 5 heteroatoms. The second-order valence-electron chi connectivity index (χ2n) is 6.48. The van der Waals surface area contributed by atoms with Crippen molar-refractivity contribution < 1.29 is 9.18 Å². The highest BCUT2D eigenvalue weighted by Crippen LogP contribution is 2.18. The Morgan fingerprint density at radius 3 is 2.76 bits per heavy atom. The molecule has 0 bridgehead atoms. The maximum Gasteiger partial charge on any atom is 0.224 e. The average Bonchev–Trinajstić information content (AvgIpc) is 2.98. The van der Waals surface area contributed by atoms with Gasteiger partial charge in [-0.15, -0.1) is 0 Å². The topological polar surface area (TPSA) is 48.1 Å². The molecular formula is C20H22FN3O. The Labute approximate surface area is 146 Å². The van der Waals surface area contributed by atoms with Crippen LogP contribution in [-0.4, -0.2) is 29.9 Å². The van der Waals surface area contributed by atoms with E-state index < -0.39 is 0 Å². The third kappa shape index (κ3) is 4.25. The minimum atomic E-state index is -0.220. The van der Waals surface area contributed by atoms with E-state index in [0.29, 0.717) is 25.1 Å². The molecule has 0 saturated carbocycles. The molecule has 2 N–H and O–H groups in total. The zero-order valence-corrected chi connectivity index (χ0v) is 14.5. The number of amides is 1. The van der Waals surface area contributed by atoms with Crippen molar-refractivity contribution in [1.29, 1.82) is 0 Å². The number of H-pyrrole nitrogens is 1. The molecule has 0 unspecified atom stereocenters. The number of fused-ring (bicyclic) bond motifs is 1. The van der Waals surface area contributed by atoms with E-state index in [1.807, 2.05) is 49.5 Å². The molecule has 1 aromatic heterocycles. The third-order valence-electron chi connectivity index (χ3n) is 4.11. The summed E-state index contributed by atoms with van der Waals surface area (Å²) in [7, 11) is 3.80. The number of hydrogen-bond acceptors (Lipinski definition) is 2. The van der Waals surface area contributed by atoms with Crippen LogP contribution < -0.4 is 5.32 Å². The number of nitrogens with one attached hydrogen (secondary N) is 2. The van der Waals surface area contributed by atoms with Crippen LogP contribution in [0.2, 0.25) is 0 Å². The van der Waals surface area contributed by atoms with E-state index in [1.165, 1.54) is 6.07 Å². The van der Waals surface area contributed by atoms with E-state index >= 15 is 0 Å². The number of carbonyl (C=O) groups excluding carboxylic acids is 1. The molecule has 0 aliphatic carbocycles. The van der Waals surface area contributed by atoms with E-state index in [4.69, 9.17) is 0 Å². The van der Waals surface area contributed by atoms with Crippen LogP contribution in [0.4, 0.5) is 4.39 Å². The van der Waals surface area contributed by atoms with E-state index in [9.17, 15) is 9.18 Å². The molecule has 0 atom stereocenters. The molecule has 1 amide bonds. The van der Waals surface area contributed by atoms with Crippen molar-refractivity contribution in [2.75, 3.05) is 14.1 Å². The number of halogens is 1. The summed E-state index contributed by atoms with van der Waals surface area (Å²) in [5.41, 5.74) is 3.52. The SMILES string of the molecule is CN(C)Cc1cc(CNC(=O)Cc2c[nH]c3ccccc23)ccc1F. The molecule has 0 aliphatic heterocycles. The number of rotatable bonds is 6. The number of hydrogen-bond donors (Lipinski definition) is 2. The van der Waals surface area contributed by atoms with Gasteiger partial charge < -0.3 is 15.2 Å². The Balaban J connectivity index is 1.62. The van der Waals surface area contributed by atoms with Gasteiger partial charge in [0, 0.05) is 35.8 Å². The van der Waals surface area contributed by atoms with Gasteiger partial charge in [0.25, 0.3) is 0 Å². The van der Waals surface area contributed by atoms with Gasteiger partial charge in [0.15, 0.2) is 0 Å². The molecule has 0 radical (unpaired) electrons. The standard InChI is InChI=1S/C20H22FN3O/c1-24(2)13-16-9-14(7-8-18(16)21)11-23-20(25)10-15-12-22-19-6-4-3-5-17(15)19/h3-9,12,22H,10-11,13H2,1-2H3,(H,23,25). The highest BCUT2D eigenvalue weighted by molar-refractivity contribution is 5.88. The van der Waals surface area contributed by atoms with Crippen LogP contribution >= 0.6 is 0 Å². The molecule has 0 spiro atoms. The third-order valence-corrected chi connectivity index (χ3v) is 4.11. The molecule has 4 nitrogen and oxygen atoms in total. The number of aromatic nitrogens is 1. The van der Waals surface area contributed by atoms with Crippen molar-refractivity contribution in [2.45, 2.75) is 19.5 Å². The van der Waals surface area contributed by atoms with Gasteiger partial charge in [-0.05, 0) is 43.4 Å². The van der Waals surface area contributed by atoms with Crippen molar-refractivity contribution in [3.8, 4) is 0 Å². The maximum atomic E-state index is 13.8. The van der Waals surface area contributed by atoms with Crippen LogP contribution in [0.15, 0.2) is 48.7 Å². The quantitative estimate of drug-likeness (QED) is 0.724. The molecule has 25 heavy (non-hydrogen) atoms. The monoisotopic (exact) mass is 339 g/mol. The zero-order chi connectivity index (χ0) is 17.8. The summed E-state index contributed by atoms with van der Waals surface area (Å²) >= 11 is 0. The van der Waals surface area contributed by atoms with Crippen molar-refractivity contribution in [2.24, 2.45) is 0 Å². The number of benzene rings is 2. The lowest BCUT2D eigenvalue weighted by Gasteiger charge is -2.12. The predicted molar refractivity (Wildman–Crippen MR) is 97.6 cm³/mol. The first-order valence-electron chi connectivity index (χ1n) is 8.26. The van der Waals surface area contributed by atoms with Gasteiger partial charge in [-0.3, -0.25) is 4.79 Å². The predicted octanol–water partition coefficient (Wildman–Crippen LogP) is 3.23. The zero-order valence-electron chi connectivity index (χ0n) is 14.5. The average molecular weight is 339 g/mol. The van der Waals surface area contributed by atoms with Crippen molar-refractivity contribution in [3.05, 3.63) is 71.2 Å². The van der Waals surface area contributed by atoms with Crippen molar-refractivity contribution in [1.82, 2.24) is 15.2 Å². The Kier molecular flexibility index (Phi) is 5.14. The Hall–Kier alpha value is -2.66. The normalized spacial score (nSPS) is 11.2. The van der Waals surface area contributed by atoms with Crippen LogP contribution in [-0.2, 0) is 24.3 Å². The number of para-hydroxylation sites is 1. The van der Waals surface area contributed by atoms with Gasteiger partial charge >= 0.3 is 0 Å². The van der Waals surface area contributed by atoms with Crippen molar-refractivity contribution in [3.63, 3.8) is 0 Å². The molecule has 2 aromatic carbocycles. The lowest BCUT2D eigenvalue weighted by atomic mass is 10.1. The first-order chi connectivity index (χ1) is 12.0. The van der Waals surface area contributed by atoms with Crippen LogP contribution in [0.5, 0.6) is 0 Å². The van der Waals surface area contributed by atoms with Crippen LogP contribution in [0.1, 0.15) is 16.7 Å². The summed E-state index contributed by atoms with van der Waals surface area (Å²) in [6, 6.07) is 12.9. The summed E-state index contributed by atoms with van der Waals surface area (Å²) in [6.07, 6.45) is 2.19. The number of nitrogens with zero attached hydrogens (tertiary/aromatic N) is 1. The fraction of sp³-hybridized carbons (Fsp3) is 0.250. The Morgan fingerprint density at radius 2 is 1.96 bits per heavy atom. The van der Waals surface area contributed by atoms with Crippen molar-refractivity contribution >= 4 is 16.8 Å². The second kappa shape index (κ2) is 7.49. The first kappa shape index (κ1) is 17.2. The first-order valence-corrected chi connectivity index (χ1v) is 8.26. The van der Waals surface area contributed by atoms with E-state index in [-0.39, 0.29) is 11.7 Å². The molecule has 130 valence electrons. The smallest absolute Gasteiger partial charge is 0.224 e. The lowest BCUT2D eigenvalue weighted by Crippen LogP contribution is -2.24. The molecule has 0 saturated heterocycles. The molecule has 0 aliphatic rings. The summed E-state index contributed by atoms with van der Waals surface area (Å²) in [5.74, 6) is -0.272. The fourth-order valence-electron chi connectivity index (χ4n) is 2.91. The lowest BCUT2D eigenvalue weighted by molar-refractivity contribution is -0.120. The maximum absolute atomic E-state index is 13.8. The fourth-order valence-corrected chi connectivity index (χ4v) is 2.91. The van der Waals surface area contributed by atoms with E-state index in [1.54, 1.807) is 12.1 Å². The van der Waals surface area contributed by atoms with E-state index in [0.717, 1.165) is 22.0 Å². The number of aromatic amines is 1. The second-order valence-corrected chi connectivity index (χ2v) is 6.48. The summed E-state index contributed by atoms with van der Waals surface area (Å²) in [5, 5.41) is 3.98. The highest BCUT2D eigenvalue weighted by atomic mass is 19.1. The van der Waals surface area contributed by atoms with Gasteiger partial charge in [0.05, 0.1) is 6.42 Å². The Morgan fingerprint density at radius 1 is 1.16 bits per heavy atom. The van der Waals surface area contributed by atoms with Gasteiger partial charge in [0.2, 0.25) is 5.91 Å². The minimum Gasteiger partial charge on any atom is -0.361 e. The number of carbonyl (C=O) groups is 1. The Bertz CT molecular complexity index is 886. The van der Waals surface area contributed by atoms with Crippen LogP contribution in [0, 0.1) is 5.82 Å².